The van der Waals surface area contributed by atoms with Gasteiger partial charge in [0, 0.05) is 5.56 Å². The summed E-state index contributed by atoms with van der Waals surface area (Å²) in [5.41, 5.74) is 4.64. The Morgan fingerprint density at radius 1 is 1.19 bits per heavy atom. The van der Waals surface area contributed by atoms with Gasteiger partial charge in [0.2, 0.25) is 0 Å². The number of rotatable bonds is 4. The number of H-pyrrole nitrogens is 1. The van der Waals surface area contributed by atoms with Crippen molar-refractivity contribution in [3.8, 4) is 17.0 Å². The maximum atomic E-state index is 12.7. The Morgan fingerprint density at radius 2 is 2.08 bits per heavy atom. The maximum absolute atomic E-state index is 12.7. The van der Waals surface area contributed by atoms with Crippen LogP contribution in [0.3, 0.4) is 0 Å². The van der Waals surface area contributed by atoms with E-state index in [1.807, 2.05) is 30.3 Å². The van der Waals surface area contributed by atoms with E-state index in [1.165, 1.54) is 11.1 Å². The number of nitrogens with one attached hydrogen (secondary N) is 2. The molecule has 0 aliphatic heterocycles. The standard InChI is InChI=1S/C21H21N3O2/c1-26-16-9-4-8-15(12-16)19-13-20(24-23-19)21(25)22-18-11-5-7-14-6-2-3-10-17(14)18/h2-4,6,8-10,12-13,18H,5,7,11H2,1H3,(H,22,25)(H,23,24)/t18-/m0/s1. The summed E-state index contributed by atoms with van der Waals surface area (Å²) in [4.78, 5) is 12.7. The normalized spacial score (nSPS) is 16.0. The lowest BCUT2D eigenvalue weighted by Gasteiger charge is -2.26. The summed E-state index contributed by atoms with van der Waals surface area (Å²) < 4.78 is 5.25. The van der Waals surface area contributed by atoms with Crippen LogP contribution in [-0.2, 0) is 6.42 Å². The molecule has 26 heavy (non-hydrogen) atoms. The summed E-state index contributed by atoms with van der Waals surface area (Å²) >= 11 is 0. The molecule has 0 radical (unpaired) electrons. The van der Waals surface area contributed by atoms with Crippen molar-refractivity contribution in [2.75, 3.05) is 7.11 Å². The van der Waals surface area contributed by atoms with Gasteiger partial charge in [-0.15, -0.1) is 0 Å². The van der Waals surface area contributed by atoms with Crippen LogP contribution in [0.15, 0.2) is 54.6 Å². The number of amides is 1. The smallest absolute Gasteiger partial charge is 0.269 e. The van der Waals surface area contributed by atoms with E-state index in [9.17, 15) is 4.79 Å². The molecule has 0 spiro atoms. The van der Waals surface area contributed by atoms with E-state index in [1.54, 1.807) is 13.2 Å². The van der Waals surface area contributed by atoms with E-state index in [2.05, 4.69) is 33.7 Å². The zero-order chi connectivity index (χ0) is 17.9. The second-order valence-corrected chi connectivity index (χ2v) is 6.52. The van der Waals surface area contributed by atoms with Crippen LogP contribution in [0.25, 0.3) is 11.3 Å². The van der Waals surface area contributed by atoms with E-state index in [0.29, 0.717) is 5.69 Å². The Labute approximate surface area is 152 Å². The van der Waals surface area contributed by atoms with Crippen LogP contribution in [0.5, 0.6) is 5.75 Å². The summed E-state index contributed by atoms with van der Waals surface area (Å²) in [6.07, 6.45) is 3.12. The Balaban J connectivity index is 1.52. The molecule has 4 rings (SSSR count). The van der Waals surface area contributed by atoms with E-state index in [-0.39, 0.29) is 11.9 Å². The predicted molar refractivity (Wildman–Crippen MR) is 100 cm³/mol. The first-order valence-corrected chi connectivity index (χ1v) is 8.83. The molecule has 2 N–H and O–H groups in total. The summed E-state index contributed by atoms with van der Waals surface area (Å²) in [7, 11) is 1.63. The lowest BCUT2D eigenvalue weighted by atomic mass is 9.87. The molecule has 0 unspecified atom stereocenters. The van der Waals surface area contributed by atoms with E-state index in [0.717, 1.165) is 36.3 Å². The SMILES string of the molecule is COc1cccc(-c2cc(C(=O)N[C@H]3CCCc4ccccc43)[nH]n2)c1. The van der Waals surface area contributed by atoms with Crippen LogP contribution in [-0.4, -0.2) is 23.2 Å². The molecule has 1 amide bonds. The van der Waals surface area contributed by atoms with Gasteiger partial charge < -0.3 is 10.1 Å². The third-order valence-electron chi connectivity index (χ3n) is 4.86. The minimum absolute atomic E-state index is 0.0519. The van der Waals surface area contributed by atoms with Gasteiger partial charge in [0.05, 0.1) is 18.8 Å². The highest BCUT2D eigenvalue weighted by Crippen LogP contribution is 2.30. The Morgan fingerprint density at radius 3 is 2.96 bits per heavy atom. The van der Waals surface area contributed by atoms with Gasteiger partial charge in [-0.25, -0.2) is 0 Å². The minimum Gasteiger partial charge on any atom is -0.497 e. The lowest BCUT2D eigenvalue weighted by Crippen LogP contribution is -2.31. The van der Waals surface area contributed by atoms with Crippen LogP contribution in [0.2, 0.25) is 0 Å². The summed E-state index contributed by atoms with van der Waals surface area (Å²) in [5.74, 6) is 0.628. The molecular weight excluding hydrogens is 326 g/mol. The zero-order valence-corrected chi connectivity index (χ0v) is 14.7. The van der Waals surface area contributed by atoms with Gasteiger partial charge in [0.1, 0.15) is 11.4 Å². The number of aromatic nitrogens is 2. The van der Waals surface area contributed by atoms with Gasteiger partial charge in [-0.3, -0.25) is 9.89 Å². The first-order valence-electron chi connectivity index (χ1n) is 8.83. The average molecular weight is 347 g/mol. The van der Waals surface area contributed by atoms with E-state index < -0.39 is 0 Å². The predicted octanol–water partition coefficient (Wildman–Crippen LogP) is 3.89. The van der Waals surface area contributed by atoms with Gasteiger partial charge >= 0.3 is 0 Å². The zero-order valence-electron chi connectivity index (χ0n) is 14.7. The summed E-state index contributed by atoms with van der Waals surface area (Å²) in [5, 5.41) is 10.3. The number of fused-ring (bicyclic) bond motifs is 1. The van der Waals surface area contributed by atoms with Crippen molar-refractivity contribution in [1.29, 1.82) is 0 Å². The number of aromatic amines is 1. The van der Waals surface area contributed by atoms with Crippen LogP contribution in [0.1, 0.15) is 40.5 Å². The van der Waals surface area contributed by atoms with Gasteiger partial charge in [0.15, 0.2) is 0 Å². The molecule has 132 valence electrons. The fraction of sp³-hybridized carbons (Fsp3) is 0.238. The quantitative estimate of drug-likeness (QED) is 0.752. The molecule has 5 nitrogen and oxygen atoms in total. The number of hydrogen-bond acceptors (Lipinski definition) is 3. The number of ether oxygens (including phenoxy) is 1. The topological polar surface area (TPSA) is 67.0 Å². The lowest BCUT2D eigenvalue weighted by molar-refractivity contribution is 0.0927. The Kier molecular flexibility index (Phi) is 4.44. The molecule has 1 heterocycles. The molecule has 2 aromatic carbocycles. The van der Waals surface area contributed by atoms with Crippen molar-refractivity contribution in [3.63, 3.8) is 0 Å². The highest BCUT2D eigenvalue weighted by atomic mass is 16.5. The molecular formula is C21H21N3O2. The number of methoxy groups -OCH3 is 1. The van der Waals surface area contributed by atoms with Crippen molar-refractivity contribution < 1.29 is 9.53 Å². The van der Waals surface area contributed by atoms with Gasteiger partial charge in [-0.05, 0) is 48.6 Å². The number of carbonyl (C=O) groups is 1. The van der Waals surface area contributed by atoms with Crippen LogP contribution in [0.4, 0.5) is 0 Å². The molecule has 3 aromatic rings. The first kappa shape index (κ1) is 16.4. The number of benzene rings is 2. The number of nitrogens with zero attached hydrogens (tertiary/aromatic N) is 1. The van der Waals surface area contributed by atoms with Crippen molar-refractivity contribution in [3.05, 3.63) is 71.4 Å². The second-order valence-electron chi connectivity index (χ2n) is 6.52. The molecule has 0 saturated carbocycles. The average Bonchev–Trinajstić information content (AvgIpc) is 3.19. The van der Waals surface area contributed by atoms with E-state index >= 15 is 0 Å². The summed E-state index contributed by atoms with van der Waals surface area (Å²) in [6.45, 7) is 0. The molecule has 0 bridgehead atoms. The minimum atomic E-state index is -0.131. The molecule has 1 aromatic heterocycles. The van der Waals surface area contributed by atoms with Gasteiger partial charge in [-0.1, -0.05) is 36.4 Å². The fourth-order valence-corrected chi connectivity index (χ4v) is 3.51. The third-order valence-corrected chi connectivity index (χ3v) is 4.86. The van der Waals surface area contributed by atoms with Crippen molar-refractivity contribution in [2.24, 2.45) is 0 Å². The van der Waals surface area contributed by atoms with Gasteiger partial charge in [-0.2, -0.15) is 5.10 Å². The molecule has 1 aliphatic rings. The Bertz CT molecular complexity index is 932. The van der Waals surface area contributed by atoms with Crippen LogP contribution >= 0.6 is 0 Å². The molecule has 1 aliphatic carbocycles. The number of carbonyl (C=O) groups excluding carboxylic acids is 1. The van der Waals surface area contributed by atoms with Crippen LogP contribution in [0, 0.1) is 0 Å². The largest absolute Gasteiger partial charge is 0.497 e. The van der Waals surface area contributed by atoms with Crippen molar-refractivity contribution >= 4 is 5.91 Å². The second kappa shape index (κ2) is 7.04. The number of aryl methyl sites for hydroxylation is 1. The van der Waals surface area contributed by atoms with E-state index in [4.69, 9.17) is 4.74 Å². The number of hydrogen-bond donors (Lipinski definition) is 2. The Hall–Kier alpha value is -3.08. The first-order chi connectivity index (χ1) is 12.7. The van der Waals surface area contributed by atoms with Crippen molar-refractivity contribution in [2.45, 2.75) is 25.3 Å². The summed E-state index contributed by atoms with van der Waals surface area (Å²) in [6, 6.07) is 17.8. The molecule has 1 atom stereocenters. The third kappa shape index (κ3) is 3.20. The molecule has 0 saturated heterocycles. The molecule has 5 heteroatoms. The maximum Gasteiger partial charge on any atom is 0.269 e. The van der Waals surface area contributed by atoms with Crippen LogP contribution < -0.4 is 10.1 Å². The highest BCUT2D eigenvalue weighted by Gasteiger charge is 2.22. The molecule has 0 fully saturated rings. The monoisotopic (exact) mass is 347 g/mol. The van der Waals surface area contributed by atoms with Gasteiger partial charge in [0.25, 0.3) is 5.91 Å². The highest BCUT2D eigenvalue weighted by molar-refractivity contribution is 5.93. The fourth-order valence-electron chi connectivity index (χ4n) is 3.51. The van der Waals surface area contributed by atoms with Crippen molar-refractivity contribution in [1.82, 2.24) is 15.5 Å².